The summed E-state index contributed by atoms with van der Waals surface area (Å²) in [5.74, 6) is 0.447. The minimum absolute atomic E-state index is 0. The smallest absolute Gasteiger partial charge is 0.228 e. The summed E-state index contributed by atoms with van der Waals surface area (Å²) in [5, 5.41) is 3.39. The van der Waals surface area contributed by atoms with Gasteiger partial charge in [0.25, 0.3) is 0 Å². The summed E-state index contributed by atoms with van der Waals surface area (Å²) in [5.41, 5.74) is 0.0539. The van der Waals surface area contributed by atoms with Gasteiger partial charge < -0.3 is 10.2 Å². The Morgan fingerprint density at radius 2 is 1.95 bits per heavy atom. The van der Waals surface area contributed by atoms with Crippen molar-refractivity contribution in [3.05, 3.63) is 0 Å². The van der Waals surface area contributed by atoms with E-state index in [0.29, 0.717) is 11.9 Å². The molecule has 2 aliphatic heterocycles. The van der Waals surface area contributed by atoms with Crippen LogP contribution in [0.2, 0.25) is 0 Å². The van der Waals surface area contributed by atoms with Crippen LogP contribution in [0.4, 0.5) is 0 Å². The van der Waals surface area contributed by atoms with Crippen LogP contribution in [0.5, 0.6) is 0 Å². The highest BCUT2D eigenvalue weighted by Crippen LogP contribution is 2.50. The highest BCUT2D eigenvalue weighted by atomic mass is 35.5. The number of halogens is 1. The maximum Gasteiger partial charge on any atom is 0.228 e. The first-order valence-electron chi connectivity index (χ1n) is 7.49. The number of likely N-dealkylation sites (tertiary alicyclic amines) is 1. The molecule has 0 aromatic heterocycles. The zero-order chi connectivity index (χ0) is 12.6. The number of hydrogen-bond donors (Lipinski definition) is 1. The Kier molecular flexibility index (Phi) is 4.75. The van der Waals surface area contributed by atoms with E-state index in [1.54, 1.807) is 0 Å². The van der Waals surface area contributed by atoms with Gasteiger partial charge in [-0.05, 0) is 25.7 Å². The molecule has 3 fully saturated rings. The van der Waals surface area contributed by atoms with Crippen molar-refractivity contribution in [2.75, 3.05) is 39.3 Å². The van der Waals surface area contributed by atoms with Gasteiger partial charge in [-0.1, -0.05) is 6.92 Å². The average molecular weight is 288 g/mol. The van der Waals surface area contributed by atoms with Crippen molar-refractivity contribution in [2.24, 2.45) is 5.41 Å². The third-order valence-corrected chi connectivity index (χ3v) is 5.10. The second kappa shape index (κ2) is 5.98. The minimum Gasteiger partial charge on any atom is -0.341 e. The summed E-state index contributed by atoms with van der Waals surface area (Å²) in [6.07, 6.45) is 4.44. The van der Waals surface area contributed by atoms with Crippen LogP contribution in [0.25, 0.3) is 0 Å². The van der Waals surface area contributed by atoms with Crippen molar-refractivity contribution in [2.45, 2.75) is 38.6 Å². The Bertz CT molecular complexity index is 327. The van der Waals surface area contributed by atoms with E-state index in [1.165, 1.54) is 6.42 Å². The molecule has 1 atom stereocenters. The molecule has 19 heavy (non-hydrogen) atoms. The first-order chi connectivity index (χ1) is 8.75. The zero-order valence-corrected chi connectivity index (χ0v) is 12.7. The summed E-state index contributed by atoms with van der Waals surface area (Å²) in [6.45, 7) is 8.61. The number of rotatable bonds is 3. The van der Waals surface area contributed by atoms with Gasteiger partial charge in [0.15, 0.2) is 0 Å². The van der Waals surface area contributed by atoms with Gasteiger partial charge in [-0.2, -0.15) is 0 Å². The monoisotopic (exact) mass is 287 g/mol. The standard InChI is InChI=1S/C14H25N3O.ClH/c1-2-14(4-5-14)13(18)17-8-3-12(11-17)16-9-6-15-7-10-16;/h12,15H,2-11H2,1H3;1H. The third kappa shape index (κ3) is 2.91. The van der Waals surface area contributed by atoms with Gasteiger partial charge in [-0.15, -0.1) is 12.4 Å². The van der Waals surface area contributed by atoms with Gasteiger partial charge in [0.1, 0.15) is 0 Å². The fourth-order valence-electron chi connectivity index (χ4n) is 3.48. The molecule has 0 aromatic carbocycles. The summed E-state index contributed by atoms with van der Waals surface area (Å²) in [6, 6.07) is 0.615. The van der Waals surface area contributed by atoms with E-state index in [-0.39, 0.29) is 17.8 Å². The van der Waals surface area contributed by atoms with Crippen molar-refractivity contribution in [3.8, 4) is 0 Å². The number of piperazine rings is 1. The molecule has 2 saturated heterocycles. The largest absolute Gasteiger partial charge is 0.341 e. The van der Waals surface area contributed by atoms with Gasteiger partial charge in [0.2, 0.25) is 5.91 Å². The molecular formula is C14H26ClN3O. The van der Waals surface area contributed by atoms with Crippen LogP contribution in [0.1, 0.15) is 32.6 Å². The van der Waals surface area contributed by atoms with E-state index in [9.17, 15) is 4.79 Å². The SMILES string of the molecule is CCC1(C(=O)N2CCC(N3CCNCC3)C2)CC1.Cl. The van der Waals surface area contributed by atoms with Crippen molar-refractivity contribution < 1.29 is 4.79 Å². The lowest BCUT2D eigenvalue weighted by atomic mass is 10.0. The number of carbonyl (C=O) groups is 1. The van der Waals surface area contributed by atoms with E-state index in [1.807, 2.05) is 0 Å². The molecule has 1 saturated carbocycles. The lowest BCUT2D eigenvalue weighted by Crippen LogP contribution is -2.49. The quantitative estimate of drug-likeness (QED) is 0.844. The molecule has 0 bridgehead atoms. The Morgan fingerprint density at radius 3 is 2.53 bits per heavy atom. The lowest BCUT2D eigenvalue weighted by Gasteiger charge is -2.32. The molecule has 4 nitrogen and oxygen atoms in total. The fourth-order valence-corrected chi connectivity index (χ4v) is 3.48. The highest BCUT2D eigenvalue weighted by Gasteiger charge is 2.51. The third-order valence-electron chi connectivity index (χ3n) is 5.10. The number of nitrogens with zero attached hydrogens (tertiary/aromatic N) is 2. The molecule has 0 radical (unpaired) electrons. The normalized spacial score (nSPS) is 29.9. The Hall–Kier alpha value is -0.320. The van der Waals surface area contributed by atoms with Crippen LogP contribution in [-0.4, -0.2) is 61.0 Å². The lowest BCUT2D eigenvalue weighted by molar-refractivity contribution is -0.136. The zero-order valence-electron chi connectivity index (χ0n) is 11.9. The molecular weight excluding hydrogens is 262 g/mol. The molecule has 110 valence electrons. The predicted molar refractivity (Wildman–Crippen MR) is 78.6 cm³/mol. The summed E-state index contributed by atoms with van der Waals surface area (Å²) in [7, 11) is 0. The van der Waals surface area contributed by atoms with Gasteiger partial charge in [0, 0.05) is 50.7 Å². The van der Waals surface area contributed by atoms with Crippen LogP contribution < -0.4 is 5.32 Å². The van der Waals surface area contributed by atoms with Crippen LogP contribution >= 0.6 is 12.4 Å². The first-order valence-corrected chi connectivity index (χ1v) is 7.49. The van der Waals surface area contributed by atoms with E-state index < -0.39 is 0 Å². The number of carbonyl (C=O) groups excluding carboxylic acids is 1. The Morgan fingerprint density at radius 1 is 1.26 bits per heavy atom. The topological polar surface area (TPSA) is 35.6 Å². The number of nitrogens with one attached hydrogen (secondary N) is 1. The molecule has 0 aromatic rings. The molecule has 1 aliphatic carbocycles. The van der Waals surface area contributed by atoms with E-state index in [4.69, 9.17) is 0 Å². The van der Waals surface area contributed by atoms with E-state index in [0.717, 1.165) is 58.5 Å². The second-order valence-electron chi connectivity index (χ2n) is 6.11. The maximum absolute atomic E-state index is 12.5. The molecule has 1 N–H and O–H groups in total. The Labute approximate surface area is 122 Å². The van der Waals surface area contributed by atoms with Gasteiger partial charge >= 0.3 is 0 Å². The van der Waals surface area contributed by atoms with Crippen LogP contribution in [0.15, 0.2) is 0 Å². The minimum atomic E-state index is 0. The highest BCUT2D eigenvalue weighted by molar-refractivity contribution is 5.85. The predicted octanol–water partition coefficient (Wildman–Crippen LogP) is 1.10. The number of hydrogen-bond acceptors (Lipinski definition) is 3. The van der Waals surface area contributed by atoms with Gasteiger partial charge in [-0.25, -0.2) is 0 Å². The van der Waals surface area contributed by atoms with Crippen molar-refractivity contribution >= 4 is 18.3 Å². The van der Waals surface area contributed by atoms with Crippen molar-refractivity contribution in [1.82, 2.24) is 15.1 Å². The molecule has 2 heterocycles. The maximum atomic E-state index is 12.5. The molecule has 1 amide bonds. The van der Waals surface area contributed by atoms with Crippen LogP contribution in [0, 0.1) is 5.41 Å². The second-order valence-corrected chi connectivity index (χ2v) is 6.11. The molecule has 3 aliphatic rings. The summed E-state index contributed by atoms with van der Waals surface area (Å²) < 4.78 is 0. The van der Waals surface area contributed by atoms with Crippen LogP contribution in [0.3, 0.4) is 0 Å². The van der Waals surface area contributed by atoms with Gasteiger partial charge in [0.05, 0.1) is 0 Å². The van der Waals surface area contributed by atoms with E-state index in [2.05, 4.69) is 22.0 Å². The van der Waals surface area contributed by atoms with Crippen molar-refractivity contribution in [3.63, 3.8) is 0 Å². The molecule has 3 rings (SSSR count). The fraction of sp³-hybridized carbons (Fsp3) is 0.929. The summed E-state index contributed by atoms with van der Waals surface area (Å²) >= 11 is 0. The molecule has 5 heteroatoms. The van der Waals surface area contributed by atoms with E-state index >= 15 is 0 Å². The average Bonchev–Trinajstić information content (AvgIpc) is 3.08. The molecule has 0 spiro atoms. The first kappa shape index (κ1) is 15.1. The molecule has 1 unspecified atom stereocenters. The Balaban J connectivity index is 0.00000133. The van der Waals surface area contributed by atoms with Gasteiger partial charge in [-0.3, -0.25) is 9.69 Å². The van der Waals surface area contributed by atoms with Crippen molar-refractivity contribution in [1.29, 1.82) is 0 Å². The van der Waals surface area contributed by atoms with Crippen LogP contribution in [-0.2, 0) is 4.79 Å². The number of amides is 1. The summed E-state index contributed by atoms with van der Waals surface area (Å²) in [4.78, 5) is 17.2.